The van der Waals surface area contributed by atoms with Crippen LogP contribution >= 0.6 is 0 Å². The van der Waals surface area contributed by atoms with Crippen LogP contribution in [0, 0.1) is 17.3 Å². The number of amides is 1. The van der Waals surface area contributed by atoms with Gasteiger partial charge in [-0.25, -0.2) is 4.79 Å². The Kier molecular flexibility index (Phi) is 3.81. The van der Waals surface area contributed by atoms with Crippen molar-refractivity contribution in [1.82, 2.24) is 4.90 Å². The van der Waals surface area contributed by atoms with Crippen LogP contribution < -0.4 is 0 Å². The van der Waals surface area contributed by atoms with E-state index in [1.165, 1.54) is 6.42 Å². The third-order valence-corrected chi connectivity index (χ3v) is 6.13. The average molecular weight is 323 g/mol. The van der Waals surface area contributed by atoms with Crippen molar-refractivity contribution in [3.05, 3.63) is 0 Å². The average Bonchev–Trinajstić information content (AvgIpc) is 2.71. The zero-order chi connectivity index (χ0) is 17.2. The third-order valence-electron chi connectivity index (χ3n) is 6.13. The molecule has 1 saturated heterocycles. The van der Waals surface area contributed by atoms with E-state index in [4.69, 9.17) is 14.0 Å². The van der Waals surface area contributed by atoms with Crippen molar-refractivity contribution in [1.29, 1.82) is 0 Å². The van der Waals surface area contributed by atoms with E-state index in [0.29, 0.717) is 17.8 Å². The van der Waals surface area contributed by atoms with Gasteiger partial charge in [-0.15, -0.1) is 0 Å². The van der Waals surface area contributed by atoms with Gasteiger partial charge in [0.2, 0.25) is 0 Å². The summed E-state index contributed by atoms with van der Waals surface area (Å²) in [5.41, 5.74) is -0.383. The Morgan fingerprint density at radius 3 is 2.52 bits per heavy atom. The van der Waals surface area contributed by atoms with Crippen LogP contribution in [0.15, 0.2) is 0 Å². The Morgan fingerprint density at radius 2 is 1.96 bits per heavy atom. The van der Waals surface area contributed by atoms with E-state index >= 15 is 0 Å². The molecule has 0 aromatic carbocycles. The van der Waals surface area contributed by atoms with Gasteiger partial charge in [0, 0.05) is 7.05 Å². The number of carbonyl (C=O) groups is 1. The van der Waals surface area contributed by atoms with Crippen LogP contribution in [0.25, 0.3) is 0 Å². The van der Waals surface area contributed by atoms with E-state index in [0.717, 1.165) is 12.3 Å². The van der Waals surface area contributed by atoms with E-state index in [-0.39, 0.29) is 24.9 Å². The monoisotopic (exact) mass is 323 g/mol. The van der Waals surface area contributed by atoms with Crippen LogP contribution in [0.2, 0.25) is 0 Å². The molecular weight excluding hydrogens is 293 g/mol. The standard InChI is InChI=1S/C17H30BNO4/c1-15(2,3)21-14(20)19(7)10-18-22-13-9-11-8-12(16(11,4)5)17(13,6)23-18/h11-13H,8-10H2,1-7H3/t11?,12?,13?,17-/m0/s1. The lowest BCUT2D eigenvalue weighted by atomic mass is 9.43. The van der Waals surface area contributed by atoms with E-state index < -0.39 is 5.60 Å². The molecule has 2 bridgehead atoms. The van der Waals surface area contributed by atoms with E-state index in [2.05, 4.69) is 20.8 Å². The second-order valence-corrected chi connectivity index (χ2v) is 9.26. The van der Waals surface area contributed by atoms with Gasteiger partial charge in [0.05, 0.1) is 18.1 Å². The molecule has 3 saturated carbocycles. The molecule has 4 fully saturated rings. The Hall–Kier alpha value is -0.745. The SMILES string of the molecule is CN(CB1OC2CC3CC(C3(C)C)[C@]2(C)O1)C(=O)OC(C)(C)C. The van der Waals surface area contributed by atoms with Gasteiger partial charge in [-0.05, 0) is 57.8 Å². The summed E-state index contributed by atoms with van der Waals surface area (Å²) in [7, 11) is 1.37. The number of nitrogens with zero attached hydrogens (tertiary/aromatic N) is 1. The van der Waals surface area contributed by atoms with Gasteiger partial charge >= 0.3 is 13.2 Å². The highest BCUT2D eigenvalue weighted by Crippen LogP contribution is 2.65. The first-order valence-corrected chi connectivity index (χ1v) is 8.71. The maximum atomic E-state index is 12.1. The number of rotatable bonds is 2. The number of ether oxygens (including phenoxy) is 1. The lowest BCUT2D eigenvalue weighted by Crippen LogP contribution is -2.65. The number of carbonyl (C=O) groups excluding carboxylic acids is 1. The zero-order valence-corrected chi connectivity index (χ0v) is 15.5. The van der Waals surface area contributed by atoms with Gasteiger partial charge in [0.15, 0.2) is 0 Å². The van der Waals surface area contributed by atoms with Gasteiger partial charge in [-0.2, -0.15) is 0 Å². The molecule has 5 nitrogen and oxygen atoms in total. The molecular formula is C17H30BNO4. The van der Waals surface area contributed by atoms with Crippen molar-refractivity contribution in [2.45, 2.75) is 71.7 Å². The molecule has 3 unspecified atom stereocenters. The van der Waals surface area contributed by atoms with Crippen LogP contribution in [0.4, 0.5) is 4.79 Å². The lowest BCUT2D eigenvalue weighted by molar-refractivity contribution is -0.199. The second-order valence-electron chi connectivity index (χ2n) is 9.26. The molecule has 0 N–H and O–H groups in total. The minimum Gasteiger partial charge on any atom is -0.444 e. The summed E-state index contributed by atoms with van der Waals surface area (Å²) < 4.78 is 17.9. The van der Waals surface area contributed by atoms with Crippen LogP contribution in [-0.2, 0) is 14.0 Å². The summed E-state index contributed by atoms with van der Waals surface area (Å²) in [5.74, 6) is 1.27. The van der Waals surface area contributed by atoms with Gasteiger partial charge in [-0.3, -0.25) is 0 Å². The highest BCUT2D eigenvalue weighted by atomic mass is 16.7. The Bertz CT molecular complexity index is 503. The second kappa shape index (κ2) is 5.12. The minimum atomic E-state index is -0.492. The first-order chi connectivity index (χ1) is 10.4. The molecule has 0 aromatic heterocycles. The molecule has 0 spiro atoms. The summed E-state index contributed by atoms with van der Waals surface area (Å²) in [5, 5.41) is 0. The van der Waals surface area contributed by atoms with Crippen molar-refractivity contribution >= 4 is 13.2 Å². The molecule has 1 aliphatic heterocycles. The smallest absolute Gasteiger partial charge is 0.444 e. The predicted octanol–water partition coefficient (Wildman–Crippen LogP) is 3.12. The quantitative estimate of drug-likeness (QED) is 0.733. The fourth-order valence-corrected chi connectivity index (χ4v) is 4.67. The van der Waals surface area contributed by atoms with Crippen molar-refractivity contribution < 1.29 is 18.8 Å². The molecule has 1 amide bonds. The van der Waals surface area contributed by atoms with Crippen molar-refractivity contribution in [3.63, 3.8) is 0 Å². The summed E-state index contributed by atoms with van der Waals surface area (Å²) in [6, 6.07) is 0. The van der Waals surface area contributed by atoms with E-state index in [9.17, 15) is 4.79 Å². The summed E-state index contributed by atoms with van der Waals surface area (Å²) in [6.45, 7) is 12.5. The van der Waals surface area contributed by atoms with Crippen molar-refractivity contribution in [2.24, 2.45) is 17.3 Å². The molecule has 4 aliphatic rings. The Balaban J connectivity index is 1.61. The van der Waals surface area contributed by atoms with Crippen molar-refractivity contribution in [2.75, 3.05) is 13.5 Å². The Labute approximate surface area is 140 Å². The molecule has 0 radical (unpaired) electrons. The zero-order valence-electron chi connectivity index (χ0n) is 15.5. The van der Waals surface area contributed by atoms with Gasteiger partial charge < -0.3 is 18.9 Å². The highest BCUT2D eigenvalue weighted by Gasteiger charge is 2.67. The van der Waals surface area contributed by atoms with Crippen LogP contribution in [0.5, 0.6) is 0 Å². The Morgan fingerprint density at radius 1 is 1.30 bits per heavy atom. The summed E-state index contributed by atoms with van der Waals surface area (Å²) in [6.07, 6.45) is 2.51. The van der Waals surface area contributed by atoms with Gasteiger partial charge in [-0.1, -0.05) is 13.8 Å². The normalized spacial score (nSPS) is 37.9. The summed E-state index contributed by atoms with van der Waals surface area (Å²) >= 11 is 0. The highest BCUT2D eigenvalue weighted by molar-refractivity contribution is 6.45. The fraction of sp³-hybridized carbons (Fsp3) is 0.941. The molecule has 130 valence electrons. The largest absolute Gasteiger partial charge is 0.478 e. The number of hydrogen-bond acceptors (Lipinski definition) is 4. The molecule has 4 rings (SSSR count). The molecule has 23 heavy (non-hydrogen) atoms. The van der Waals surface area contributed by atoms with Gasteiger partial charge in [0.25, 0.3) is 0 Å². The molecule has 6 heteroatoms. The summed E-state index contributed by atoms with van der Waals surface area (Å²) in [4.78, 5) is 13.7. The first-order valence-electron chi connectivity index (χ1n) is 8.71. The van der Waals surface area contributed by atoms with E-state index in [1.54, 1.807) is 11.9 Å². The van der Waals surface area contributed by atoms with Crippen molar-refractivity contribution in [3.8, 4) is 0 Å². The lowest BCUT2D eigenvalue weighted by Gasteiger charge is -2.64. The molecule has 3 aliphatic carbocycles. The number of hydrogen-bond donors (Lipinski definition) is 0. The predicted molar refractivity (Wildman–Crippen MR) is 89.0 cm³/mol. The van der Waals surface area contributed by atoms with Crippen LogP contribution in [0.3, 0.4) is 0 Å². The minimum absolute atomic E-state index is 0.149. The maximum absolute atomic E-state index is 12.1. The molecule has 0 aromatic rings. The van der Waals surface area contributed by atoms with Gasteiger partial charge in [0.1, 0.15) is 5.60 Å². The first kappa shape index (κ1) is 17.1. The third kappa shape index (κ3) is 2.78. The van der Waals surface area contributed by atoms with Crippen LogP contribution in [-0.4, -0.2) is 48.9 Å². The van der Waals surface area contributed by atoms with Crippen LogP contribution in [0.1, 0.15) is 54.4 Å². The molecule has 1 heterocycles. The molecule has 4 atom stereocenters. The maximum Gasteiger partial charge on any atom is 0.478 e. The topological polar surface area (TPSA) is 48.0 Å². The van der Waals surface area contributed by atoms with E-state index in [1.807, 2.05) is 20.8 Å². The fourth-order valence-electron chi connectivity index (χ4n) is 4.67.